The number of nitrogens with one attached hydrogen (secondary N) is 2. The molecule has 0 aliphatic carbocycles. The largest absolute Gasteiger partial charge is 0.497 e. The van der Waals surface area contributed by atoms with Crippen molar-refractivity contribution in [3.63, 3.8) is 0 Å². The van der Waals surface area contributed by atoms with Crippen LogP contribution in [0.2, 0.25) is 0 Å². The Hall–Kier alpha value is -9.05. The first-order chi connectivity index (χ1) is 42.9. The number of fused-ring (bicyclic) bond motifs is 1. The van der Waals surface area contributed by atoms with Crippen molar-refractivity contribution in [1.29, 1.82) is 5.26 Å². The molecular weight excluding hydrogens is 1170 g/mol. The van der Waals surface area contributed by atoms with E-state index in [4.69, 9.17) is 58.5 Å². The van der Waals surface area contributed by atoms with Crippen LogP contribution in [0.5, 0.6) is 11.5 Å². The van der Waals surface area contributed by atoms with Crippen LogP contribution < -0.4 is 26.0 Å². The van der Waals surface area contributed by atoms with Crippen molar-refractivity contribution in [1.82, 2.24) is 29.1 Å². The zero-order valence-corrected chi connectivity index (χ0v) is 49.4. The van der Waals surface area contributed by atoms with Crippen LogP contribution in [0.25, 0.3) is 22.3 Å². The number of nitriles is 1. The molecule has 0 radical (unpaired) electrons. The summed E-state index contributed by atoms with van der Waals surface area (Å²) in [5.74, 6) is 0.222. The molecule has 2 unspecified atom stereocenters. The molecular formula is C64H59N8O14PS. The lowest BCUT2D eigenvalue weighted by Gasteiger charge is -2.37. The van der Waals surface area contributed by atoms with Crippen LogP contribution in [0.1, 0.15) is 62.7 Å². The first-order valence-corrected chi connectivity index (χ1v) is 30.5. The highest BCUT2D eigenvalue weighted by Gasteiger charge is 2.51. The number of nitrogens with zero attached hydrogens (tertiary/aromatic N) is 6. The van der Waals surface area contributed by atoms with Crippen molar-refractivity contribution in [2.24, 2.45) is 0 Å². The number of anilines is 1. The van der Waals surface area contributed by atoms with Crippen molar-refractivity contribution in [3.05, 3.63) is 237 Å². The third-order valence-electron chi connectivity index (χ3n) is 15.0. The summed E-state index contributed by atoms with van der Waals surface area (Å²) in [7, 11) is 4.59. The third-order valence-corrected chi connectivity index (χ3v) is 17.4. The van der Waals surface area contributed by atoms with Gasteiger partial charge in [0.25, 0.3) is 11.5 Å². The molecule has 2 saturated heterocycles. The molecule has 2 N–H and O–H groups in total. The molecule has 9 aromatic rings. The number of carbonyl (C=O) groups excluding carboxylic acids is 2. The molecule has 0 spiro atoms. The molecule has 11 rings (SSSR count). The van der Waals surface area contributed by atoms with E-state index >= 15 is 0 Å². The van der Waals surface area contributed by atoms with E-state index < -0.39 is 85.0 Å². The summed E-state index contributed by atoms with van der Waals surface area (Å²) in [5.41, 5.74) is 1.31. The minimum absolute atomic E-state index is 0.0740. The van der Waals surface area contributed by atoms with E-state index in [9.17, 15) is 24.4 Å². The summed E-state index contributed by atoms with van der Waals surface area (Å²) >= 11 is 6.31. The summed E-state index contributed by atoms with van der Waals surface area (Å²) in [4.78, 5) is 70.7. The molecule has 450 valence electrons. The lowest BCUT2D eigenvalue weighted by Crippen LogP contribution is -2.40. The molecule has 3 aromatic heterocycles. The number of ether oxygens (including phenoxy) is 7. The van der Waals surface area contributed by atoms with Gasteiger partial charge in [0.2, 0.25) is 0 Å². The number of esters is 1. The zero-order chi connectivity index (χ0) is 61.2. The van der Waals surface area contributed by atoms with Gasteiger partial charge in [-0.25, -0.2) is 24.5 Å². The van der Waals surface area contributed by atoms with Crippen LogP contribution >= 0.6 is 6.72 Å². The van der Waals surface area contributed by atoms with Gasteiger partial charge in [-0.05, 0) is 82.6 Å². The van der Waals surface area contributed by atoms with Gasteiger partial charge in [0.05, 0.1) is 70.1 Å². The highest BCUT2D eigenvalue weighted by Crippen LogP contribution is 2.55. The maximum atomic E-state index is 14.0. The number of imidazole rings is 1. The number of H-pyrrole nitrogens is 1. The average molecular weight is 1230 g/mol. The van der Waals surface area contributed by atoms with Gasteiger partial charge in [-0.2, -0.15) is 5.26 Å². The van der Waals surface area contributed by atoms with E-state index in [1.807, 2.05) is 84.9 Å². The second-order valence-electron chi connectivity index (χ2n) is 20.3. The number of hydrogen-bond acceptors (Lipinski definition) is 19. The Balaban J connectivity index is 0.952. The monoisotopic (exact) mass is 1230 g/mol. The fourth-order valence-electron chi connectivity index (χ4n) is 10.7. The minimum atomic E-state index is -4.12. The fraction of sp³-hybridized carbons (Fsp3) is 0.250. The van der Waals surface area contributed by atoms with Crippen molar-refractivity contribution in [2.75, 3.05) is 46.5 Å². The van der Waals surface area contributed by atoms with Crippen LogP contribution in [0.3, 0.4) is 0 Å². The van der Waals surface area contributed by atoms with Gasteiger partial charge in [0, 0.05) is 25.3 Å². The number of amides is 1. The number of aromatic amines is 1. The molecule has 1 amide bonds. The summed E-state index contributed by atoms with van der Waals surface area (Å²) < 4.78 is 67.4. The maximum absolute atomic E-state index is 14.0. The lowest BCUT2D eigenvalue weighted by molar-refractivity contribution is -0.0942. The maximum Gasteiger partial charge on any atom is 0.338 e. The average Bonchev–Trinajstić information content (AvgIpc) is 1.45. The summed E-state index contributed by atoms with van der Waals surface area (Å²) in [5, 5.41) is 12.6. The number of rotatable bonds is 24. The van der Waals surface area contributed by atoms with E-state index in [2.05, 4.69) is 31.3 Å². The van der Waals surface area contributed by atoms with E-state index in [-0.39, 0.29) is 54.2 Å². The molecule has 0 saturated carbocycles. The number of hydrogen-bond donors (Lipinski definition) is 2. The molecule has 24 heteroatoms. The predicted octanol–water partition coefficient (Wildman–Crippen LogP) is 9.30. The Labute approximate surface area is 509 Å². The number of aromatic nitrogens is 6. The van der Waals surface area contributed by atoms with Gasteiger partial charge in [0.15, 0.2) is 29.3 Å². The SMILES string of the molecule is COc1ccc(C(OC[C@H]2O[C@@H](n3cc(-c4ccccc4)c(=O)[nH]c3=O)CC2OP(=S)(OCCC#N)OC[C@H]2O[C@@H](n3cnc4c(NC(=O)c5ccccc5)ncnc43)[C@@H](OC)[C@H]2OC(=O)c2ccccc2)(c2ccccc2)c2ccc(OC)cc2)cc1. The molecule has 5 heterocycles. The summed E-state index contributed by atoms with van der Waals surface area (Å²) in [6.07, 6.45) is -3.87. The van der Waals surface area contributed by atoms with E-state index in [1.165, 1.54) is 30.5 Å². The van der Waals surface area contributed by atoms with Crippen LogP contribution in [-0.4, -0.2) is 113 Å². The molecule has 8 atom stereocenters. The Morgan fingerprint density at radius 2 is 1.34 bits per heavy atom. The smallest absolute Gasteiger partial charge is 0.338 e. The Morgan fingerprint density at radius 3 is 1.97 bits per heavy atom. The topological polar surface area (TPSA) is 261 Å². The summed E-state index contributed by atoms with van der Waals surface area (Å²) in [6, 6.07) is 52.5. The van der Waals surface area contributed by atoms with Crippen molar-refractivity contribution in [3.8, 4) is 28.7 Å². The fourth-order valence-corrected chi connectivity index (χ4v) is 12.8. The molecule has 2 aliphatic heterocycles. The second kappa shape index (κ2) is 27.3. The molecule has 2 fully saturated rings. The van der Waals surface area contributed by atoms with Crippen molar-refractivity contribution < 1.29 is 56.3 Å². The first kappa shape index (κ1) is 60.6. The van der Waals surface area contributed by atoms with Gasteiger partial charge in [-0.1, -0.05) is 121 Å². The van der Waals surface area contributed by atoms with Crippen molar-refractivity contribution in [2.45, 2.75) is 61.4 Å². The quantitative estimate of drug-likeness (QED) is 0.0247. The molecule has 22 nitrogen and oxygen atoms in total. The Kier molecular flexibility index (Phi) is 18.8. The van der Waals surface area contributed by atoms with Crippen LogP contribution in [-0.2, 0) is 54.7 Å². The zero-order valence-electron chi connectivity index (χ0n) is 47.7. The third kappa shape index (κ3) is 13.0. The second-order valence-corrected chi connectivity index (χ2v) is 23.2. The molecule has 2 aliphatic rings. The normalized spacial score (nSPS) is 19.8. The van der Waals surface area contributed by atoms with Gasteiger partial charge >= 0.3 is 18.4 Å². The van der Waals surface area contributed by atoms with Gasteiger partial charge in [-0.15, -0.1) is 0 Å². The number of benzene rings is 6. The minimum Gasteiger partial charge on any atom is -0.497 e. The number of methoxy groups -OCH3 is 3. The standard InChI is InChI=1S/C64H59N8O14PS/c1-77-47-29-25-45(26-30-47)64(44-23-14-7-15-24-44,46-27-31-48(78-2)32-28-46)80-37-51-50(35-53(83-51)71-36-49(60(74)70-63(71)76)41-17-8-4-9-18-41)86-87(88,81-34-16-33-65)82-38-52-55(85-62(75)43-21-12-6-13-22-43)56(79-3)61(84-52)72-40-68-54-57(66-39-67-58(54)72)69-59(73)42-19-10-5-11-20-42/h4-15,17-32,36,39-40,50-53,55-56,61H,16,34-35,37-38H2,1-3H3,(H,70,74,76)(H,66,67,69,73)/t50?,51-,52-,53-,55+,56+,61-,87?/m1/s1. The summed E-state index contributed by atoms with van der Waals surface area (Å²) in [6.45, 7) is -5.03. The highest BCUT2D eigenvalue weighted by molar-refractivity contribution is 8.07. The van der Waals surface area contributed by atoms with E-state index in [1.54, 1.807) is 104 Å². The van der Waals surface area contributed by atoms with E-state index in [0.717, 1.165) is 5.56 Å². The molecule has 6 aromatic carbocycles. The molecule has 0 bridgehead atoms. The van der Waals surface area contributed by atoms with Gasteiger partial charge in [-0.3, -0.25) is 23.7 Å². The van der Waals surface area contributed by atoms with Crippen LogP contribution in [0.15, 0.2) is 198 Å². The van der Waals surface area contributed by atoms with Crippen LogP contribution in [0.4, 0.5) is 5.82 Å². The predicted molar refractivity (Wildman–Crippen MR) is 325 cm³/mol. The molecule has 88 heavy (non-hydrogen) atoms. The first-order valence-electron chi connectivity index (χ1n) is 27.9. The number of carbonyl (C=O) groups is 2. The van der Waals surface area contributed by atoms with E-state index in [0.29, 0.717) is 33.8 Å². The Morgan fingerprint density at radius 1 is 0.727 bits per heavy atom. The van der Waals surface area contributed by atoms with Crippen molar-refractivity contribution >= 4 is 47.4 Å². The van der Waals surface area contributed by atoms with Crippen LogP contribution in [0, 0.1) is 11.3 Å². The highest BCUT2D eigenvalue weighted by atomic mass is 32.5. The lowest BCUT2D eigenvalue weighted by atomic mass is 9.80. The van der Waals surface area contributed by atoms with Gasteiger partial charge in [0.1, 0.15) is 48.0 Å². The Bertz CT molecular complexity index is 4040. The van der Waals surface area contributed by atoms with Gasteiger partial charge < -0.3 is 52.0 Å².